The van der Waals surface area contributed by atoms with Crippen LogP contribution in [0.2, 0.25) is 0 Å². The van der Waals surface area contributed by atoms with Gasteiger partial charge in [0.25, 0.3) is 0 Å². The van der Waals surface area contributed by atoms with Crippen molar-refractivity contribution in [3.05, 3.63) is 77.4 Å². The van der Waals surface area contributed by atoms with E-state index in [0.717, 1.165) is 17.9 Å². The monoisotopic (exact) mass is 347 g/mol. The quantitative estimate of drug-likeness (QED) is 0.761. The number of methoxy groups -OCH3 is 1. The zero-order valence-corrected chi connectivity index (χ0v) is 15.3. The van der Waals surface area contributed by atoms with Gasteiger partial charge in [-0.3, -0.25) is 0 Å². The Balaban J connectivity index is 1.70. The number of hydrogen-bond donors (Lipinski definition) is 0. The van der Waals surface area contributed by atoms with Crippen molar-refractivity contribution in [3.8, 4) is 0 Å². The first kappa shape index (κ1) is 17.0. The second-order valence-electron chi connectivity index (χ2n) is 6.98. The van der Waals surface area contributed by atoms with E-state index in [1.165, 1.54) is 11.1 Å². The van der Waals surface area contributed by atoms with E-state index >= 15 is 0 Å². The third-order valence-corrected chi connectivity index (χ3v) is 5.38. The van der Waals surface area contributed by atoms with Crippen LogP contribution in [0.3, 0.4) is 0 Å². The molecule has 1 heterocycles. The van der Waals surface area contributed by atoms with Crippen molar-refractivity contribution >= 4 is 12.0 Å². The van der Waals surface area contributed by atoms with Crippen LogP contribution in [0, 0.1) is 5.92 Å². The van der Waals surface area contributed by atoms with Gasteiger partial charge in [-0.25, -0.2) is 4.99 Å². The summed E-state index contributed by atoms with van der Waals surface area (Å²) in [5.74, 6) is 1.43. The molecular weight excluding hydrogens is 322 g/mol. The molecule has 4 atom stereocenters. The summed E-state index contributed by atoms with van der Waals surface area (Å²) in [4.78, 5) is 4.99. The fourth-order valence-electron chi connectivity index (χ4n) is 4.05. The summed E-state index contributed by atoms with van der Waals surface area (Å²) in [5, 5.41) is 0. The third-order valence-electron chi connectivity index (χ3n) is 5.38. The van der Waals surface area contributed by atoms with Gasteiger partial charge in [-0.1, -0.05) is 73.7 Å². The molecule has 1 aliphatic heterocycles. The van der Waals surface area contributed by atoms with E-state index < -0.39 is 0 Å². The van der Waals surface area contributed by atoms with Gasteiger partial charge >= 0.3 is 0 Å². The molecule has 0 fully saturated rings. The fraction of sp³-hybridized carbons (Fsp3) is 0.348. The molecule has 0 amide bonds. The minimum atomic E-state index is -0.0817. The molecule has 4 rings (SSSR count). The average molecular weight is 347 g/mol. The Hall–Kier alpha value is -2.39. The summed E-state index contributed by atoms with van der Waals surface area (Å²) < 4.78 is 11.9. The maximum atomic E-state index is 6.48. The molecule has 0 N–H and O–H groups in total. The Morgan fingerprint density at radius 2 is 1.81 bits per heavy atom. The highest BCUT2D eigenvalue weighted by atomic mass is 16.5. The average Bonchev–Trinajstić information content (AvgIpc) is 3.11. The van der Waals surface area contributed by atoms with E-state index in [1.54, 1.807) is 7.11 Å². The Kier molecular flexibility index (Phi) is 4.89. The van der Waals surface area contributed by atoms with Crippen LogP contribution < -0.4 is 0 Å². The van der Waals surface area contributed by atoms with E-state index in [4.69, 9.17) is 14.5 Å². The molecule has 134 valence electrons. The molecular formula is C23H25NO2. The number of allylic oxidation sites excluding steroid dienone is 1. The van der Waals surface area contributed by atoms with Gasteiger partial charge in [0.15, 0.2) is 5.90 Å². The molecule has 26 heavy (non-hydrogen) atoms. The Morgan fingerprint density at radius 3 is 2.58 bits per heavy atom. The summed E-state index contributed by atoms with van der Waals surface area (Å²) in [7, 11) is 1.73. The van der Waals surface area contributed by atoms with Gasteiger partial charge in [0, 0.05) is 7.11 Å². The molecule has 0 saturated heterocycles. The van der Waals surface area contributed by atoms with Crippen molar-refractivity contribution in [2.45, 2.75) is 31.4 Å². The van der Waals surface area contributed by atoms with Gasteiger partial charge in [0.05, 0.1) is 12.5 Å². The predicted molar refractivity (Wildman–Crippen MR) is 105 cm³/mol. The van der Waals surface area contributed by atoms with Crippen LogP contribution in [0.4, 0.5) is 0 Å². The summed E-state index contributed by atoms with van der Waals surface area (Å²) in [6.45, 7) is 2.79. The first-order valence-electron chi connectivity index (χ1n) is 9.37. The number of aliphatic imine (C=N–C) groups is 1. The summed E-state index contributed by atoms with van der Waals surface area (Å²) in [6, 6.07) is 18.9. The molecule has 0 spiro atoms. The lowest BCUT2D eigenvalue weighted by molar-refractivity contribution is 0.117. The molecule has 2 aromatic rings. The van der Waals surface area contributed by atoms with Crippen LogP contribution in [-0.4, -0.2) is 25.7 Å². The minimum Gasteiger partial charge on any atom is -0.470 e. The van der Waals surface area contributed by atoms with Gasteiger partial charge < -0.3 is 9.47 Å². The number of rotatable bonds is 5. The van der Waals surface area contributed by atoms with E-state index in [-0.39, 0.29) is 18.1 Å². The number of nitrogens with zero attached hydrogens (tertiary/aromatic N) is 1. The molecule has 0 radical (unpaired) electrons. The summed E-state index contributed by atoms with van der Waals surface area (Å²) >= 11 is 0. The molecule has 1 aliphatic carbocycles. The SMILES string of the molecule is CC[C@H]1C=Cc2ccccc2[C@@H]1C1=N[C@@H](COC)[C@H](c2ccccc2)O1. The normalized spacial score (nSPS) is 26.9. The third kappa shape index (κ3) is 3.08. The predicted octanol–water partition coefficient (Wildman–Crippen LogP) is 5.01. The lowest BCUT2D eigenvalue weighted by Crippen LogP contribution is -2.24. The first-order chi connectivity index (χ1) is 12.8. The zero-order valence-electron chi connectivity index (χ0n) is 15.3. The van der Waals surface area contributed by atoms with Crippen molar-refractivity contribution in [2.75, 3.05) is 13.7 Å². The van der Waals surface area contributed by atoms with Crippen molar-refractivity contribution in [1.29, 1.82) is 0 Å². The number of ether oxygens (including phenoxy) is 2. The lowest BCUT2D eigenvalue weighted by atomic mass is 9.78. The van der Waals surface area contributed by atoms with Crippen LogP contribution in [-0.2, 0) is 9.47 Å². The van der Waals surface area contributed by atoms with Crippen LogP contribution >= 0.6 is 0 Å². The highest BCUT2D eigenvalue weighted by Crippen LogP contribution is 2.41. The molecule has 0 unspecified atom stereocenters. The highest BCUT2D eigenvalue weighted by molar-refractivity contribution is 5.88. The molecule has 3 nitrogen and oxygen atoms in total. The van der Waals surface area contributed by atoms with Gasteiger partial charge in [-0.2, -0.15) is 0 Å². The molecule has 3 heteroatoms. The lowest BCUT2D eigenvalue weighted by Gasteiger charge is -2.29. The molecule has 2 aliphatic rings. The number of hydrogen-bond acceptors (Lipinski definition) is 3. The van der Waals surface area contributed by atoms with Crippen molar-refractivity contribution < 1.29 is 9.47 Å². The van der Waals surface area contributed by atoms with Gasteiger partial charge in [-0.05, 0) is 29.0 Å². The molecule has 2 aromatic carbocycles. The largest absolute Gasteiger partial charge is 0.470 e. The van der Waals surface area contributed by atoms with E-state index in [1.807, 2.05) is 18.2 Å². The summed E-state index contributed by atoms with van der Waals surface area (Å²) in [5.41, 5.74) is 3.73. The first-order valence-corrected chi connectivity index (χ1v) is 9.37. The Labute approximate surface area is 155 Å². The van der Waals surface area contributed by atoms with E-state index in [0.29, 0.717) is 12.5 Å². The summed E-state index contributed by atoms with van der Waals surface area (Å²) in [6.07, 6.45) is 5.52. The fourth-order valence-corrected chi connectivity index (χ4v) is 4.05. The topological polar surface area (TPSA) is 30.8 Å². The standard InChI is InChI=1S/C23H25NO2/c1-3-16-13-14-17-9-7-8-12-19(17)21(16)23-24-20(15-25-2)22(26-23)18-10-5-4-6-11-18/h4-14,16,20-22H,3,15H2,1-2H3/t16-,20-,21+,22-/m0/s1. The Bertz CT molecular complexity index is 812. The van der Waals surface area contributed by atoms with E-state index in [9.17, 15) is 0 Å². The van der Waals surface area contributed by atoms with E-state index in [2.05, 4.69) is 55.5 Å². The number of benzene rings is 2. The zero-order chi connectivity index (χ0) is 17.9. The second kappa shape index (κ2) is 7.46. The second-order valence-corrected chi connectivity index (χ2v) is 6.98. The van der Waals surface area contributed by atoms with Gasteiger partial charge in [-0.15, -0.1) is 0 Å². The van der Waals surface area contributed by atoms with Crippen molar-refractivity contribution in [3.63, 3.8) is 0 Å². The number of fused-ring (bicyclic) bond motifs is 1. The Morgan fingerprint density at radius 1 is 1.04 bits per heavy atom. The molecule has 0 aromatic heterocycles. The highest BCUT2D eigenvalue weighted by Gasteiger charge is 2.39. The van der Waals surface area contributed by atoms with Crippen LogP contribution in [0.25, 0.3) is 6.08 Å². The van der Waals surface area contributed by atoms with Crippen LogP contribution in [0.1, 0.15) is 42.1 Å². The van der Waals surface area contributed by atoms with Crippen molar-refractivity contribution in [1.82, 2.24) is 0 Å². The van der Waals surface area contributed by atoms with Crippen LogP contribution in [0.15, 0.2) is 65.7 Å². The van der Waals surface area contributed by atoms with Crippen molar-refractivity contribution in [2.24, 2.45) is 10.9 Å². The van der Waals surface area contributed by atoms with Crippen LogP contribution in [0.5, 0.6) is 0 Å². The minimum absolute atomic E-state index is 0.00651. The smallest absolute Gasteiger partial charge is 0.192 e. The van der Waals surface area contributed by atoms with Gasteiger partial charge in [0.2, 0.25) is 0 Å². The molecule has 0 saturated carbocycles. The molecule has 0 bridgehead atoms. The van der Waals surface area contributed by atoms with Gasteiger partial charge in [0.1, 0.15) is 12.1 Å². The maximum absolute atomic E-state index is 6.48. The maximum Gasteiger partial charge on any atom is 0.192 e.